The molecule has 0 amide bonds. The molecular formula is C14H23NO3S. The van der Waals surface area contributed by atoms with Crippen LogP contribution in [0.25, 0.3) is 0 Å². The molecule has 0 radical (unpaired) electrons. The number of sulfonamides is 1. The van der Waals surface area contributed by atoms with Gasteiger partial charge in [-0.1, -0.05) is 18.2 Å². The Kier molecular flexibility index (Phi) is 5.52. The Hall–Kier alpha value is -0.910. The van der Waals surface area contributed by atoms with Gasteiger partial charge < -0.3 is 4.74 Å². The van der Waals surface area contributed by atoms with Crippen molar-refractivity contribution >= 4 is 10.0 Å². The van der Waals surface area contributed by atoms with Crippen LogP contribution in [0.3, 0.4) is 0 Å². The average molecular weight is 285 g/mol. The summed E-state index contributed by atoms with van der Waals surface area (Å²) in [6.45, 7) is 7.59. The van der Waals surface area contributed by atoms with Gasteiger partial charge in [-0.2, -0.15) is 0 Å². The molecule has 0 bridgehead atoms. The third-order valence-electron chi connectivity index (χ3n) is 3.19. The second kappa shape index (κ2) is 6.50. The zero-order chi connectivity index (χ0) is 14.6. The van der Waals surface area contributed by atoms with Crippen molar-refractivity contribution < 1.29 is 13.2 Å². The first-order valence-electron chi connectivity index (χ1n) is 6.35. The molecule has 0 saturated carbocycles. The van der Waals surface area contributed by atoms with Gasteiger partial charge in [0.05, 0.1) is 11.9 Å². The third kappa shape index (κ3) is 4.60. The van der Waals surface area contributed by atoms with Crippen LogP contribution in [0.1, 0.15) is 36.6 Å². The van der Waals surface area contributed by atoms with Crippen molar-refractivity contribution in [3.63, 3.8) is 0 Å². The zero-order valence-corrected chi connectivity index (χ0v) is 13.0. The molecule has 1 aromatic carbocycles. The first kappa shape index (κ1) is 16.1. The van der Waals surface area contributed by atoms with Gasteiger partial charge in [0.1, 0.15) is 0 Å². The number of hydrogen-bond donors (Lipinski definition) is 1. The Morgan fingerprint density at radius 2 is 1.74 bits per heavy atom. The highest BCUT2D eigenvalue weighted by atomic mass is 32.2. The summed E-state index contributed by atoms with van der Waals surface area (Å²) in [7, 11) is -1.84. The Labute approximate surface area is 116 Å². The second-order valence-corrected chi connectivity index (χ2v) is 6.77. The van der Waals surface area contributed by atoms with Gasteiger partial charge in [0.2, 0.25) is 10.0 Å². The van der Waals surface area contributed by atoms with Gasteiger partial charge in [-0.15, -0.1) is 0 Å². The van der Waals surface area contributed by atoms with E-state index < -0.39 is 10.0 Å². The maximum absolute atomic E-state index is 12.0. The maximum atomic E-state index is 12.0. The number of benzene rings is 1. The molecule has 0 fully saturated rings. The van der Waals surface area contributed by atoms with E-state index in [9.17, 15) is 8.42 Å². The van der Waals surface area contributed by atoms with Gasteiger partial charge >= 0.3 is 0 Å². The number of aryl methyl sites for hydroxylation is 2. The average Bonchev–Trinajstić information content (AvgIpc) is 2.27. The molecule has 108 valence electrons. The molecule has 1 N–H and O–H groups in total. The number of hydrogen-bond acceptors (Lipinski definition) is 3. The zero-order valence-electron chi connectivity index (χ0n) is 12.2. The summed E-state index contributed by atoms with van der Waals surface area (Å²) in [6.07, 6.45) is -0.317. The number of ether oxygens (including phenoxy) is 1. The Morgan fingerprint density at radius 1 is 1.21 bits per heavy atom. The highest BCUT2D eigenvalue weighted by molar-refractivity contribution is 7.89. The summed E-state index contributed by atoms with van der Waals surface area (Å²) in [5, 5.41) is 0. The van der Waals surface area contributed by atoms with Crippen molar-refractivity contribution in [2.75, 3.05) is 12.9 Å². The van der Waals surface area contributed by atoms with E-state index in [2.05, 4.69) is 4.72 Å². The van der Waals surface area contributed by atoms with Crippen LogP contribution in [0.2, 0.25) is 0 Å². The lowest BCUT2D eigenvalue weighted by Gasteiger charge is -2.20. The molecular weight excluding hydrogens is 262 g/mol. The number of nitrogens with one attached hydrogen (secondary N) is 1. The van der Waals surface area contributed by atoms with Crippen LogP contribution in [0.5, 0.6) is 0 Å². The third-order valence-corrected chi connectivity index (χ3v) is 4.81. The van der Waals surface area contributed by atoms with Gasteiger partial charge in [0.15, 0.2) is 0 Å². The molecule has 0 aliphatic rings. The molecule has 0 aliphatic heterocycles. The molecule has 0 aromatic heterocycles. The standard InChI is InChI=1S/C14H23NO3S/c1-10-7-6-8-11(2)14(10)13(4)15-19(16,17)9-12(3)18-5/h6-8,12-13,15H,9H2,1-5H3/t12-,13+/m0/s1. The van der Waals surface area contributed by atoms with Crippen LogP contribution >= 0.6 is 0 Å². The molecule has 2 atom stereocenters. The fraction of sp³-hybridized carbons (Fsp3) is 0.571. The van der Waals surface area contributed by atoms with Crippen molar-refractivity contribution in [1.82, 2.24) is 4.72 Å². The molecule has 1 rings (SSSR count). The van der Waals surface area contributed by atoms with E-state index in [1.54, 1.807) is 6.92 Å². The van der Waals surface area contributed by atoms with Crippen LogP contribution in [0, 0.1) is 13.8 Å². The lowest BCUT2D eigenvalue weighted by molar-refractivity contribution is 0.136. The molecule has 4 nitrogen and oxygen atoms in total. The molecule has 0 unspecified atom stereocenters. The van der Waals surface area contributed by atoms with Crippen LogP contribution in [0.15, 0.2) is 18.2 Å². The first-order valence-corrected chi connectivity index (χ1v) is 8.01. The molecule has 19 heavy (non-hydrogen) atoms. The Morgan fingerprint density at radius 3 is 2.21 bits per heavy atom. The van der Waals surface area contributed by atoms with E-state index in [-0.39, 0.29) is 17.9 Å². The minimum atomic E-state index is -3.35. The molecule has 0 spiro atoms. The SMILES string of the molecule is CO[C@@H](C)CS(=O)(=O)N[C@H](C)c1c(C)cccc1C. The van der Waals surface area contributed by atoms with Gasteiger partial charge in [0.25, 0.3) is 0 Å². The van der Waals surface area contributed by atoms with E-state index in [1.165, 1.54) is 7.11 Å². The normalized spacial score (nSPS) is 15.2. The lowest BCUT2D eigenvalue weighted by atomic mass is 9.98. The number of methoxy groups -OCH3 is 1. The fourth-order valence-electron chi connectivity index (χ4n) is 2.26. The van der Waals surface area contributed by atoms with Crippen molar-refractivity contribution in [3.8, 4) is 0 Å². The van der Waals surface area contributed by atoms with Gasteiger partial charge in [-0.3, -0.25) is 0 Å². The predicted molar refractivity (Wildman–Crippen MR) is 77.7 cm³/mol. The quantitative estimate of drug-likeness (QED) is 0.872. The molecule has 1 aromatic rings. The van der Waals surface area contributed by atoms with E-state index in [1.807, 2.05) is 39.0 Å². The van der Waals surface area contributed by atoms with Gasteiger partial charge in [0, 0.05) is 13.2 Å². The highest BCUT2D eigenvalue weighted by Gasteiger charge is 2.20. The van der Waals surface area contributed by atoms with Crippen LogP contribution in [-0.4, -0.2) is 27.4 Å². The van der Waals surface area contributed by atoms with E-state index in [0.29, 0.717) is 0 Å². The number of rotatable bonds is 6. The summed E-state index contributed by atoms with van der Waals surface area (Å²) in [4.78, 5) is 0. The topological polar surface area (TPSA) is 55.4 Å². The Balaban J connectivity index is 2.88. The van der Waals surface area contributed by atoms with Crippen LogP contribution < -0.4 is 4.72 Å². The van der Waals surface area contributed by atoms with E-state index in [0.717, 1.165) is 16.7 Å². The first-order chi connectivity index (χ1) is 8.76. The van der Waals surface area contributed by atoms with E-state index >= 15 is 0 Å². The lowest BCUT2D eigenvalue weighted by Crippen LogP contribution is -2.34. The fourth-order valence-corrected chi connectivity index (χ4v) is 3.77. The summed E-state index contributed by atoms with van der Waals surface area (Å²) >= 11 is 0. The van der Waals surface area contributed by atoms with Crippen LogP contribution in [-0.2, 0) is 14.8 Å². The summed E-state index contributed by atoms with van der Waals surface area (Å²) < 4.78 is 31.7. The minimum Gasteiger partial charge on any atom is -0.381 e. The summed E-state index contributed by atoms with van der Waals surface area (Å²) in [5.41, 5.74) is 3.22. The minimum absolute atomic E-state index is 0.0290. The molecule has 0 heterocycles. The van der Waals surface area contributed by atoms with Crippen molar-refractivity contribution in [1.29, 1.82) is 0 Å². The van der Waals surface area contributed by atoms with Crippen LogP contribution in [0.4, 0.5) is 0 Å². The van der Waals surface area contributed by atoms with Crippen molar-refractivity contribution in [3.05, 3.63) is 34.9 Å². The Bertz CT molecular complexity index is 505. The molecule has 5 heteroatoms. The van der Waals surface area contributed by atoms with Gasteiger partial charge in [-0.25, -0.2) is 13.1 Å². The van der Waals surface area contributed by atoms with Gasteiger partial charge in [-0.05, 0) is 44.4 Å². The molecule has 0 saturated heterocycles. The monoisotopic (exact) mass is 285 g/mol. The van der Waals surface area contributed by atoms with Crippen molar-refractivity contribution in [2.45, 2.75) is 39.8 Å². The highest BCUT2D eigenvalue weighted by Crippen LogP contribution is 2.22. The maximum Gasteiger partial charge on any atom is 0.214 e. The molecule has 0 aliphatic carbocycles. The van der Waals surface area contributed by atoms with E-state index in [4.69, 9.17) is 4.74 Å². The smallest absolute Gasteiger partial charge is 0.214 e. The summed E-state index contributed by atoms with van der Waals surface area (Å²) in [5.74, 6) is -0.0290. The van der Waals surface area contributed by atoms with Crippen molar-refractivity contribution in [2.24, 2.45) is 0 Å². The second-order valence-electron chi connectivity index (χ2n) is 4.97. The summed E-state index contributed by atoms with van der Waals surface area (Å²) in [6, 6.07) is 5.72. The largest absolute Gasteiger partial charge is 0.381 e. The predicted octanol–water partition coefficient (Wildman–Crippen LogP) is 2.32.